The number of halogens is 1. The molecule has 0 saturated carbocycles. The molecule has 0 aliphatic carbocycles. The Balaban J connectivity index is 3.33. The van der Waals surface area contributed by atoms with Crippen LogP contribution < -0.4 is 0 Å². The molecule has 0 saturated heterocycles. The van der Waals surface area contributed by atoms with E-state index >= 15 is 0 Å². The zero-order valence-corrected chi connectivity index (χ0v) is 13.4. The van der Waals surface area contributed by atoms with Crippen LogP contribution in [0, 0.1) is 12.7 Å². The summed E-state index contributed by atoms with van der Waals surface area (Å²) in [5.74, 6) is -1.95. The van der Waals surface area contributed by atoms with Crippen LogP contribution in [0.4, 0.5) is 4.39 Å². The number of aryl methyl sites for hydroxylation is 1. The number of sulfonamides is 1. The molecule has 0 unspecified atom stereocenters. The van der Waals surface area contributed by atoms with E-state index in [9.17, 15) is 17.6 Å². The molecule has 0 bridgehead atoms. The summed E-state index contributed by atoms with van der Waals surface area (Å²) >= 11 is 0. The number of benzene rings is 1. The number of rotatable bonds is 5. The molecule has 0 amide bonds. The van der Waals surface area contributed by atoms with Gasteiger partial charge in [-0.15, -0.1) is 0 Å². The zero-order valence-electron chi connectivity index (χ0n) is 12.6. The molecule has 0 radical (unpaired) electrons. The molecule has 1 aromatic rings. The van der Waals surface area contributed by atoms with Crippen LogP contribution in [0.3, 0.4) is 0 Å². The van der Waals surface area contributed by atoms with Gasteiger partial charge in [0.25, 0.3) is 0 Å². The van der Waals surface area contributed by atoms with Crippen molar-refractivity contribution in [3.63, 3.8) is 0 Å². The van der Waals surface area contributed by atoms with Crippen LogP contribution >= 0.6 is 0 Å². The first kappa shape index (κ1) is 17.6. The van der Waals surface area contributed by atoms with Crippen molar-refractivity contribution in [3.8, 4) is 0 Å². The summed E-state index contributed by atoms with van der Waals surface area (Å²) in [6, 6.07) is 3.83. The summed E-state index contributed by atoms with van der Waals surface area (Å²) in [7, 11) is -4.11. The maximum Gasteiger partial charge on any atom is 0.304 e. The van der Waals surface area contributed by atoms with E-state index in [2.05, 4.69) is 0 Å². The molecule has 1 aromatic carbocycles. The van der Waals surface area contributed by atoms with Gasteiger partial charge < -0.3 is 5.11 Å². The maximum atomic E-state index is 13.9. The normalized spacial score (nSPS) is 12.7. The molecule has 7 heteroatoms. The van der Waals surface area contributed by atoms with Gasteiger partial charge in [0.15, 0.2) is 0 Å². The van der Waals surface area contributed by atoms with Crippen molar-refractivity contribution in [1.29, 1.82) is 0 Å². The van der Waals surface area contributed by atoms with Crippen LogP contribution in [0.15, 0.2) is 23.1 Å². The third-order valence-corrected chi connectivity index (χ3v) is 5.11. The number of hydrogen-bond acceptors (Lipinski definition) is 3. The number of carboxylic acids is 1. The van der Waals surface area contributed by atoms with E-state index < -0.39 is 32.2 Å². The van der Waals surface area contributed by atoms with E-state index in [0.29, 0.717) is 5.56 Å². The molecule has 1 N–H and O–H groups in total. The summed E-state index contributed by atoms with van der Waals surface area (Å²) in [6.45, 7) is 6.37. The quantitative estimate of drug-likeness (QED) is 0.905. The molecule has 0 fully saturated rings. The van der Waals surface area contributed by atoms with Gasteiger partial charge in [0.1, 0.15) is 10.7 Å². The van der Waals surface area contributed by atoms with Gasteiger partial charge in [-0.3, -0.25) is 4.79 Å². The number of carboxylic acid groups (broad SMARTS) is 1. The highest BCUT2D eigenvalue weighted by molar-refractivity contribution is 7.89. The molecule has 1 rings (SSSR count). The molecular weight excluding hydrogens is 297 g/mol. The average Bonchev–Trinajstić information content (AvgIpc) is 2.29. The third kappa shape index (κ3) is 4.25. The monoisotopic (exact) mass is 317 g/mol. The lowest BCUT2D eigenvalue weighted by Crippen LogP contribution is -2.46. The van der Waals surface area contributed by atoms with Gasteiger partial charge in [-0.05, 0) is 45.4 Å². The van der Waals surface area contributed by atoms with E-state index in [-0.39, 0.29) is 13.0 Å². The Morgan fingerprint density at radius 1 is 1.33 bits per heavy atom. The van der Waals surface area contributed by atoms with E-state index in [1.165, 1.54) is 12.1 Å². The van der Waals surface area contributed by atoms with Gasteiger partial charge >= 0.3 is 5.97 Å². The molecule has 0 aliphatic heterocycles. The van der Waals surface area contributed by atoms with Crippen LogP contribution in [0.1, 0.15) is 32.8 Å². The molecule has 0 atom stereocenters. The third-order valence-electron chi connectivity index (χ3n) is 2.93. The molecular formula is C14H20FNO4S. The highest BCUT2D eigenvalue weighted by Gasteiger charge is 2.35. The highest BCUT2D eigenvalue weighted by Crippen LogP contribution is 2.27. The predicted molar refractivity (Wildman–Crippen MR) is 77.0 cm³/mol. The van der Waals surface area contributed by atoms with E-state index in [1.807, 2.05) is 0 Å². The maximum absolute atomic E-state index is 13.9. The minimum Gasteiger partial charge on any atom is -0.481 e. The summed E-state index contributed by atoms with van der Waals surface area (Å²) < 4.78 is 40.2. The number of aliphatic carboxylic acids is 1. The van der Waals surface area contributed by atoms with Gasteiger partial charge in [0.05, 0.1) is 6.42 Å². The zero-order chi connectivity index (χ0) is 16.4. The molecule has 0 aromatic heterocycles. The molecule has 0 spiro atoms. The van der Waals surface area contributed by atoms with E-state index in [4.69, 9.17) is 5.11 Å². The number of carbonyl (C=O) groups is 1. The molecule has 5 nitrogen and oxygen atoms in total. The van der Waals surface area contributed by atoms with Gasteiger partial charge in [0, 0.05) is 12.1 Å². The summed E-state index contributed by atoms with van der Waals surface area (Å²) in [4.78, 5) is 10.3. The highest BCUT2D eigenvalue weighted by atomic mass is 32.2. The first-order valence-electron chi connectivity index (χ1n) is 6.47. The van der Waals surface area contributed by atoms with E-state index in [1.54, 1.807) is 27.7 Å². The fourth-order valence-electron chi connectivity index (χ4n) is 1.94. The second kappa shape index (κ2) is 6.11. The first-order chi connectivity index (χ1) is 9.46. The first-order valence-corrected chi connectivity index (χ1v) is 7.91. The fourth-order valence-corrected chi connectivity index (χ4v) is 3.88. The Morgan fingerprint density at radius 3 is 2.38 bits per heavy atom. The lowest BCUT2D eigenvalue weighted by molar-refractivity contribution is -0.137. The Labute approximate surface area is 124 Å². The van der Waals surface area contributed by atoms with Crippen molar-refractivity contribution in [2.45, 2.75) is 44.6 Å². The standard InChI is InChI=1S/C14H20FNO4S/c1-10-5-6-11(15)12(9-10)21(19,20)16(14(2,3)4)8-7-13(17)18/h5-6,9H,7-8H2,1-4H3,(H,17,18). The van der Waals surface area contributed by atoms with Crippen LogP contribution in [-0.2, 0) is 14.8 Å². The van der Waals surface area contributed by atoms with Crippen LogP contribution in [-0.4, -0.2) is 35.9 Å². The van der Waals surface area contributed by atoms with Crippen molar-refractivity contribution in [2.24, 2.45) is 0 Å². The Kier molecular flexibility index (Phi) is 5.11. The molecule has 118 valence electrons. The van der Waals surface area contributed by atoms with Crippen molar-refractivity contribution in [1.82, 2.24) is 4.31 Å². The minimum atomic E-state index is -4.11. The van der Waals surface area contributed by atoms with Crippen molar-refractivity contribution >= 4 is 16.0 Å². The Morgan fingerprint density at radius 2 is 1.90 bits per heavy atom. The average molecular weight is 317 g/mol. The lowest BCUT2D eigenvalue weighted by Gasteiger charge is -2.34. The summed E-state index contributed by atoms with van der Waals surface area (Å²) in [5, 5.41) is 8.77. The number of hydrogen-bond donors (Lipinski definition) is 1. The largest absolute Gasteiger partial charge is 0.481 e. The van der Waals surface area contributed by atoms with Gasteiger partial charge in [-0.25, -0.2) is 12.8 Å². The summed E-state index contributed by atoms with van der Waals surface area (Å²) in [5.41, 5.74) is -0.244. The second-order valence-electron chi connectivity index (χ2n) is 5.83. The Bertz CT molecular complexity index is 635. The summed E-state index contributed by atoms with van der Waals surface area (Å²) in [6.07, 6.45) is -0.343. The molecule has 21 heavy (non-hydrogen) atoms. The second-order valence-corrected chi connectivity index (χ2v) is 7.66. The van der Waals surface area contributed by atoms with Gasteiger partial charge in [-0.1, -0.05) is 6.07 Å². The molecule has 0 aliphatic rings. The van der Waals surface area contributed by atoms with E-state index in [0.717, 1.165) is 10.4 Å². The Hall–Kier alpha value is -1.47. The van der Waals surface area contributed by atoms with Crippen molar-refractivity contribution < 1.29 is 22.7 Å². The smallest absolute Gasteiger partial charge is 0.304 e. The molecule has 0 heterocycles. The van der Waals surface area contributed by atoms with Crippen LogP contribution in [0.5, 0.6) is 0 Å². The topological polar surface area (TPSA) is 74.7 Å². The fraction of sp³-hybridized carbons (Fsp3) is 0.500. The predicted octanol–water partition coefficient (Wildman–Crippen LogP) is 2.40. The minimum absolute atomic E-state index is 0.214. The van der Waals surface area contributed by atoms with Gasteiger partial charge in [0.2, 0.25) is 10.0 Å². The van der Waals surface area contributed by atoms with Crippen molar-refractivity contribution in [3.05, 3.63) is 29.6 Å². The van der Waals surface area contributed by atoms with Crippen LogP contribution in [0.2, 0.25) is 0 Å². The SMILES string of the molecule is Cc1ccc(F)c(S(=O)(=O)N(CCC(=O)O)C(C)(C)C)c1. The lowest BCUT2D eigenvalue weighted by atomic mass is 10.1. The van der Waals surface area contributed by atoms with Crippen molar-refractivity contribution in [2.75, 3.05) is 6.54 Å². The van der Waals surface area contributed by atoms with Gasteiger partial charge in [-0.2, -0.15) is 4.31 Å². The number of nitrogens with zero attached hydrogens (tertiary/aromatic N) is 1. The van der Waals surface area contributed by atoms with Crippen LogP contribution in [0.25, 0.3) is 0 Å².